The van der Waals surface area contributed by atoms with Gasteiger partial charge in [0.25, 0.3) is 5.91 Å². The minimum absolute atomic E-state index is 0.0508. The minimum Gasteiger partial charge on any atom is -0.465 e. The van der Waals surface area contributed by atoms with Crippen LogP contribution < -0.4 is 5.32 Å². The quantitative estimate of drug-likeness (QED) is 0.846. The van der Waals surface area contributed by atoms with Crippen molar-refractivity contribution in [3.8, 4) is 0 Å². The molecule has 1 aromatic heterocycles. The highest BCUT2D eigenvalue weighted by molar-refractivity contribution is 6.39. The average molecular weight is 348 g/mol. The van der Waals surface area contributed by atoms with Crippen molar-refractivity contribution in [2.45, 2.75) is 25.8 Å². The number of hydrogen-bond donors (Lipinski definition) is 1. The summed E-state index contributed by atoms with van der Waals surface area (Å²) in [4.78, 5) is 26.1. The zero-order chi connectivity index (χ0) is 17.8. The monoisotopic (exact) mass is 348 g/mol. The van der Waals surface area contributed by atoms with E-state index in [1.807, 2.05) is 19.1 Å². The Labute approximate surface area is 146 Å². The van der Waals surface area contributed by atoms with Crippen LogP contribution in [0.4, 0.5) is 0 Å². The van der Waals surface area contributed by atoms with Gasteiger partial charge in [0, 0.05) is 39.5 Å². The largest absolute Gasteiger partial charge is 0.465 e. The number of carbonyl (C=O) groups is 2. The van der Waals surface area contributed by atoms with Gasteiger partial charge in [-0.05, 0) is 19.1 Å². The summed E-state index contributed by atoms with van der Waals surface area (Å²) in [6.45, 7) is 5.25. The van der Waals surface area contributed by atoms with Crippen molar-refractivity contribution in [1.29, 1.82) is 0 Å². The Balaban J connectivity index is 1.67. The normalized spacial score (nSPS) is 20.3. The molecule has 3 rings (SSSR count). The fourth-order valence-electron chi connectivity index (χ4n) is 3.06. The van der Waals surface area contributed by atoms with Gasteiger partial charge in [-0.15, -0.1) is 0 Å². The van der Waals surface area contributed by atoms with Crippen LogP contribution >= 0.6 is 0 Å². The van der Waals surface area contributed by atoms with Gasteiger partial charge in [0.1, 0.15) is 17.2 Å². The Kier molecular flexibility index (Phi) is 5.50. The third-order valence-electron chi connectivity index (χ3n) is 4.50. The molecule has 136 valence electrons. The van der Waals surface area contributed by atoms with Gasteiger partial charge >= 0.3 is 0 Å². The maximum Gasteiger partial charge on any atom is 0.267 e. The Hall–Kier alpha value is -2.19. The molecule has 2 amide bonds. The summed E-state index contributed by atoms with van der Waals surface area (Å²) in [6, 6.07) is 3.83. The second kappa shape index (κ2) is 7.79. The van der Waals surface area contributed by atoms with Crippen LogP contribution in [0.5, 0.6) is 0 Å². The number of hydrogen-bond acceptors (Lipinski definition) is 6. The zero-order valence-electron chi connectivity index (χ0n) is 14.7. The number of amides is 2. The highest BCUT2D eigenvalue weighted by atomic mass is 16.5. The lowest BCUT2D eigenvalue weighted by Gasteiger charge is -2.33. The van der Waals surface area contributed by atoms with Gasteiger partial charge in [-0.3, -0.25) is 14.5 Å². The zero-order valence-corrected chi connectivity index (χ0v) is 14.7. The van der Waals surface area contributed by atoms with Crippen molar-refractivity contribution in [3.63, 3.8) is 0 Å². The van der Waals surface area contributed by atoms with Crippen molar-refractivity contribution in [2.24, 2.45) is 5.10 Å². The fourth-order valence-corrected chi connectivity index (χ4v) is 3.06. The molecule has 1 fully saturated rings. The highest BCUT2D eigenvalue weighted by Gasteiger charge is 2.27. The molecule has 0 radical (unpaired) electrons. The number of nitrogens with one attached hydrogen (secondary N) is 1. The summed E-state index contributed by atoms with van der Waals surface area (Å²) in [5.41, 5.74) is 0.387. The number of furan rings is 1. The number of morpholine rings is 1. The summed E-state index contributed by atoms with van der Waals surface area (Å²) in [5.74, 6) is 1.36. The number of hydrazone groups is 1. The van der Waals surface area contributed by atoms with Gasteiger partial charge in [-0.2, -0.15) is 5.10 Å². The van der Waals surface area contributed by atoms with Crippen molar-refractivity contribution in [3.05, 3.63) is 23.7 Å². The van der Waals surface area contributed by atoms with E-state index in [0.29, 0.717) is 38.3 Å². The van der Waals surface area contributed by atoms with E-state index in [-0.39, 0.29) is 17.9 Å². The lowest BCUT2D eigenvalue weighted by atomic mass is 10.1. The first kappa shape index (κ1) is 17.6. The predicted octanol–water partition coefficient (Wildman–Crippen LogP) is 0.686. The molecule has 0 aromatic carbocycles. The molecular formula is C17H24N4O4. The Morgan fingerprint density at radius 3 is 2.72 bits per heavy atom. The van der Waals surface area contributed by atoms with Gasteiger partial charge < -0.3 is 14.5 Å². The van der Waals surface area contributed by atoms with Crippen molar-refractivity contribution in [2.75, 3.05) is 39.9 Å². The van der Waals surface area contributed by atoms with Crippen LogP contribution in [0, 0.1) is 6.92 Å². The van der Waals surface area contributed by atoms with Gasteiger partial charge in [0.05, 0.1) is 19.3 Å². The highest BCUT2D eigenvalue weighted by Crippen LogP contribution is 2.23. The summed E-state index contributed by atoms with van der Waals surface area (Å²) in [7, 11) is 1.57. The molecule has 25 heavy (non-hydrogen) atoms. The van der Waals surface area contributed by atoms with E-state index in [2.05, 4.69) is 15.3 Å². The molecule has 0 unspecified atom stereocenters. The second-order valence-electron chi connectivity index (χ2n) is 6.29. The third kappa shape index (κ3) is 4.26. The molecule has 2 aliphatic heterocycles. The molecule has 8 nitrogen and oxygen atoms in total. The lowest BCUT2D eigenvalue weighted by Crippen LogP contribution is -2.45. The molecule has 0 aliphatic carbocycles. The van der Waals surface area contributed by atoms with Gasteiger partial charge in [-0.25, -0.2) is 5.01 Å². The summed E-state index contributed by atoms with van der Waals surface area (Å²) < 4.78 is 11.2. The van der Waals surface area contributed by atoms with Crippen LogP contribution in [-0.4, -0.2) is 67.3 Å². The first-order valence-corrected chi connectivity index (χ1v) is 8.55. The van der Waals surface area contributed by atoms with E-state index in [1.165, 1.54) is 5.01 Å². The maximum atomic E-state index is 12.4. The molecule has 1 atom stereocenters. The first-order valence-electron chi connectivity index (χ1n) is 8.55. The number of ether oxygens (including phenoxy) is 1. The van der Waals surface area contributed by atoms with Crippen LogP contribution in [0.3, 0.4) is 0 Å². The van der Waals surface area contributed by atoms with E-state index < -0.39 is 0 Å². The molecule has 0 bridgehead atoms. The van der Waals surface area contributed by atoms with Crippen molar-refractivity contribution >= 4 is 17.5 Å². The topological polar surface area (TPSA) is 87.4 Å². The SMILES string of the molecule is Cc1ccc([C@H](CNC(=O)C2=NN(C)C(=O)CC2)N2CCOCC2)o1. The number of rotatable bonds is 5. The van der Waals surface area contributed by atoms with E-state index in [4.69, 9.17) is 9.15 Å². The average Bonchev–Trinajstić information content (AvgIpc) is 3.04. The number of nitrogens with zero attached hydrogens (tertiary/aromatic N) is 3. The molecular weight excluding hydrogens is 324 g/mol. The Morgan fingerprint density at radius 1 is 1.32 bits per heavy atom. The van der Waals surface area contributed by atoms with Crippen LogP contribution in [-0.2, 0) is 14.3 Å². The van der Waals surface area contributed by atoms with Crippen LogP contribution in [0.2, 0.25) is 0 Å². The minimum atomic E-state index is -0.235. The first-order chi connectivity index (χ1) is 12.0. The predicted molar refractivity (Wildman–Crippen MR) is 91.0 cm³/mol. The van der Waals surface area contributed by atoms with Crippen molar-refractivity contribution in [1.82, 2.24) is 15.2 Å². The van der Waals surface area contributed by atoms with Crippen molar-refractivity contribution < 1.29 is 18.7 Å². The molecule has 1 aromatic rings. The Morgan fingerprint density at radius 2 is 2.08 bits per heavy atom. The van der Waals surface area contributed by atoms with Crippen LogP contribution in [0.15, 0.2) is 21.7 Å². The summed E-state index contributed by atoms with van der Waals surface area (Å²) in [6.07, 6.45) is 0.685. The van der Waals surface area contributed by atoms with Gasteiger partial charge in [-0.1, -0.05) is 0 Å². The van der Waals surface area contributed by atoms with E-state index in [9.17, 15) is 9.59 Å². The van der Waals surface area contributed by atoms with Gasteiger partial charge in [0.15, 0.2) is 0 Å². The second-order valence-corrected chi connectivity index (χ2v) is 6.29. The lowest BCUT2D eigenvalue weighted by molar-refractivity contribution is -0.130. The Bertz CT molecular complexity index is 663. The van der Waals surface area contributed by atoms with E-state index in [0.717, 1.165) is 24.6 Å². The standard InChI is InChI=1S/C17H24N4O4/c1-12-3-5-15(25-12)14(21-7-9-24-10-8-21)11-18-17(23)13-4-6-16(22)20(2)19-13/h3,5,14H,4,6-11H2,1-2H3,(H,18,23)/t14-/m0/s1. The number of carbonyl (C=O) groups excluding carboxylic acids is 2. The molecule has 1 N–H and O–H groups in total. The summed E-state index contributed by atoms with van der Waals surface area (Å²) >= 11 is 0. The van der Waals surface area contributed by atoms with E-state index in [1.54, 1.807) is 7.05 Å². The molecule has 0 spiro atoms. The molecule has 2 aliphatic rings. The molecule has 0 saturated carbocycles. The van der Waals surface area contributed by atoms with Gasteiger partial charge in [0.2, 0.25) is 5.91 Å². The van der Waals surface area contributed by atoms with Crippen LogP contribution in [0.1, 0.15) is 30.4 Å². The smallest absolute Gasteiger partial charge is 0.267 e. The molecule has 1 saturated heterocycles. The number of aryl methyl sites for hydroxylation is 1. The third-order valence-corrected chi connectivity index (χ3v) is 4.50. The maximum absolute atomic E-state index is 12.4. The van der Waals surface area contributed by atoms with E-state index >= 15 is 0 Å². The van der Waals surface area contributed by atoms with Crippen LogP contribution in [0.25, 0.3) is 0 Å². The summed E-state index contributed by atoms with van der Waals surface area (Å²) in [5, 5.41) is 8.23. The molecule has 8 heteroatoms. The molecule has 3 heterocycles. The fraction of sp³-hybridized carbons (Fsp3) is 0.588.